The molecule has 1 aromatic carbocycles. The summed E-state index contributed by atoms with van der Waals surface area (Å²) in [6.07, 6.45) is 6.35. The lowest BCUT2D eigenvalue weighted by molar-refractivity contribution is -0.127. The molecule has 6 rings (SSSR count). The van der Waals surface area contributed by atoms with E-state index >= 15 is 0 Å². The molecule has 0 radical (unpaired) electrons. The molecule has 2 fully saturated rings. The number of likely N-dealkylation sites (tertiary alicyclic amines) is 2. The highest BCUT2D eigenvalue weighted by Gasteiger charge is 2.38. The Labute approximate surface area is 228 Å². The second-order valence-corrected chi connectivity index (χ2v) is 10.9. The van der Waals surface area contributed by atoms with Gasteiger partial charge in [-0.15, -0.1) is 0 Å². The minimum atomic E-state index is -0.373. The third-order valence-corrected chi connectivity index (χ3v) is 8.42. The minimum Gasteiger partial charge on any atom is -0.479 e. The summed E-state index contributed by atoms with van der Waals surface area (Å²) < 4.78 is 19.4. The quantitative estimate of drug-likeness (QED) is 0.476. The Morgan fingerprint density at radius 2 is 2.03 bits per heavy atom. The molecule has 0 spiro atoms. The molecule has 10 heteroatoms. The fraction of sp³-hybridized carbons (Fsp3) is 0.517. The molecule has 2 saturated heterocycles. The van der Waals surface area contributed by atoms with Gasteiger partial charge in [0.25, 0.3) is 5.88 Å². The Kier molecular flexibility index (Phi) is 6.88. The lowest BCUT2D eigenvalue weighted by Gasteiger charge is -2.36. The third-order valence-electron chi connectivity index (χ3n) is 8.42. The standard InChI is InChI=1S/C29H36N6O4/c1-5-23(36)35-13-10-19(11-14-35)25-27-28(32-29(31-25)37-16-20-7-6-12-34(20)4)39-26(18(3)38-27)24-17(2)8-9-22-21(24)15-30-33-22/h5,8-9,15,18-20,26H,1,6-7,10-14,16H2,2-4H3,(H,30,33)/t18-,20?,26?/m1/s1. The Bertz CT molecular complexity index is 1380. The number of amides is 1. The number of hydrogen-bond donors (Lipinski definition) is 1. The van der Waals surface area contributed by atoms with Gasteiger partial charge in [-0.05, 0) is 70.8 Å². The average molecular weight is 533 g/mol. The van der Waals surface area contributed by atoms with E-state index in [1.807, 2.05) is 24.1 Å². The van der Waals surface area contributed by atoms with Crippen LogP contribution in [0.15, 0.2) is 31.0 Å². The molecule has 206 valence electrons. The SMILES string of the molecule is C=CC(=O)N1CCC(c2nc(OCC3CCCN3C)nc3c2O[C@H](C)C(c2c(C)ccc4[nH]ncc24)O3)CC1. The van der Waals surface area contributed by atoms with Gasteiger partial charge in [0.2, 0.25) is 11.7 Å². The number of aryl methyl sites for hydroxylation is 1. The van der Waals surface area contributed by atoms with Gasteiger partial charge in [0.1, 0.15) is 12.7 Å². The molecule has 0 aliphatic carbocycles. The highest BCUT2D eigenvalue weighted by molar-refractivity contribution is 5.87. The summed E-state index contributed by atoms with van der Waals surface area (Å²) in [5, 5.41) is 8.31. The summed E-state index contributed by atoms with van der Waals surface area (Å²) in [6.45, 7) is 10.6. The normalized spacial score (nSPS) is 23.8. The summed E-state index contributed by atoms with van der Waals surface area (Å²) >= 11 is 0. The van der Waals surface area contributed by atoms with Crippen LogP contribution >= 0.6 is 0 Å². The minimum absolute atomic E-state index is 0.0392. The number of nitrogens with zero attached hydrogens (tertiary/aromatic N) is 5. The highest BCUT2D eigenvalue weighted by atomic mass is 16.6. The maximum atomic E-state index is 12.2. The zero-order valence-electron chi connectivity index (χ0n) is 22.9. The Hall–Kier alpha value is -3.66. The zero-order chi connectivity index (χ0) is 27.1. The number of hydrogen-bond acceptors (Lipinski definition) is 8. The number of carbonyl (C=O) groups is 1. The molecule has 2 unspecified atom stereocenters. The van der Waals surface area contributed by atoms with Crippen molar-refractivity contribution >= 4 is 16.8 Å². The molecule has 39 heavy (non-hydrogen) atoms. The van der Waals surface area contributed by atoms with Gasteiger partial charge in [-0.2, -0.15) is 15.1 Å². The number of likely N-dealkylation sites (N-methyl/N-ethyl adjacent to an activating group) is 1. The van der Waals surface area contributed by atoms with Crippen LogP contribution in [-0.4, -0.2) is 81.3 Å². The van der Waals surface area contributed by atoms with Crippen molar-refractivity contribution in [2.75, 3.05) is 33.3 Å². The van der Waals surface area contributed by atoms with E-state index in [2.05, 4.69) is 41.7 Å². The monoisotopic (exact) mass is 532 g/mol. The van der Waals surface area contributed by atoms with Gasteiger partial charge < -0.3 is 24.0 Å². The van der Waals surface area contributed by atoms with E-state index in [-0.39, 0.29) is 24.0 Å². The summed E-state index contributed by atoms with van der Waals surface area (Å²) in [5.74, 6) is 1.04. The number of carbonyl (C=O) groups excluding carboxylic acids is 1. The van der Waals surface area contributed by atoms with Crippen molar-refractivity contribution in [3.8, 4) is 17.6 Å². The van der Waals surface area contributed by atoms with E-state index in [9.17, 15) is 4.79 Å². The van der Waals surface area contributed by atoms with Crippen LogP contribution in [0.25, 0.3) is 10.9 Å². The van der Waals surface area contributed by atoms with Crippen molar-refractivity contribution < 1.29 is 19.0 Å². The van der Waals surface area contributed by atoms with Gasteiger partial charge in [-0.3, -0.25) is 9.89 Å². The van der Waals surface area contributed by atoms with Crippen molar-refractivity contribution in [3.05, 3.63) is 47.8 Å². The van der Waals surface area contributed by atoms with Gasteiger partial charge in [0.05, 0.1) is 17.4 Å². The Balaban J connectivity index is 1.34. The summed E-state index contributed by atoms with van der Waals surface area (Å²) in [4.78, 5) is 25.9. The summed E-state index contributed by atoms with van der Waals surface area (Å²) in [5.41, 5.74) is 3.88. The molecular formula is C29H36N6O4. The average Bonchev–Trinajstić information content (AvgIpc) is 3.59. The molecule has 1 N–H and O–H groups in total. The van der Waals surface area contributed by atoms with Crippen molar-refractivity contribution in [2.24, 2.45) is 0 Å². The first kappa shape index (κ1) is 25.6. The Morgan fingerprint density at radius 3 is 2.77 bits per heavy atom. The van der Waals surface area contributed by atoms with Crippen LogP contribution in [0.5, 0.6) is 17.6 Å². The van der Waals surface area contributed by atoms with E-state index < -0.39 is 0 Å². The lowest BCUT2D eigenvalue weighted by Crippen LogP contribution is -2.38. The van der Waals surface area contributed by atoms with Crippen LogP contribution in [0, 0.1) is 6.92 Å². The number of aromatic amines is 1. The number of nitrogens with one attached hydrogen (secondary N) is 1. The molecule has 10 nitrogen and oxygen atoms in total. The predicted molar refractivity (Wildman–Crippen MR) is 146 cm³/mol. The second-order valence-electron chi connectivity index (χ2n) is 10.9. The van der Waals surface area contributed by atoms with Gasteiger partial charge in [0, 0.05) is 36.0 Å². The first-order valence-corrected chi connectivity index (χ1v) is 13.8. The van der Waals surface area contributed by atoms with Crippen LogP contribution < -0.4 is 14.2 Å². The van der Waals surface area contributed by atoms with Crippen LogP contribution in [0.2, 0.25) is 0 Å². The van der Waals surface area contributed by atoms with Gasteiger partial charge in [-0.25, -0.2) is 0 Å². The van der Waals surface area contributed by atoms with Crippen LogP contribution in [0.1, 0.15) is 61.4 Å². The van der Waals surface area contributed by atoms with E-state index in [4.69, 9.17) is 24.2 Å². The number of H-pyrrole nitrogens is 1. The number of benzene rings is 1. The maximum Gasteiger partial charge on any atom is 0.320 e. The molecule has 5 heterocycles. The van der Waals surface area contributed by atoms with E-state index in [1.165, 1.54) is 6.08 Å². The molecule has 3 aliphatic heterocycles. The Morgan fingerprint density at radius 1 is 1.21 bits per heavy atom. The molecule has 3 atom stereocenters. The molecule has 0 saturated carbocycles. The fourth-order valence-electron chi connectivity index (χ4n) is 6.10. The highest BCUT2D eigenvalue weighted by Crippen LogP contribution is 2.46. The van der Waals surface area contributed by atoms with Crippen LogP contribution in [-0.2, 0) is 4.79 Å². The number of aromatic nitrogens is 4. The zero-order valence-corrected chi connectivity index (χ0v) is 22.9. The topological polar surface area (TPSA) is 106 Å². The van der Waals surface area contributed by atoms with E-state index in [0.29, 0.717) is 43.4 Å². The smallest absolute Gasteiger partial charge is 0.320 e. The van der Waals surface area contributed by atoms with Crippen LogP contribution in [0.3, 0.4) is 0 Å². The largest absolute Gasteiger partial charge is 0.479 e. The summed E-state index contributed by atoms with van der Waals surface area (Å²) in [6, 6.07) is 4.74. The number of rotatable bonds is 6. The maximum absolute atomic E-state index is 12.2. The molecule has 3 aromatic rings. The number of fused-ring (bicyclic) bond motifs is 2. The van der Waals surface area contributed by atoms with Gasteiger partial charge >= 0.3 is 6.01 Å². The van der Waals surface area contributed by atoms with Crippen molar-refractivity contribution in [3.63, 3.8) is 0 Å². The number of ether oxygens (including phenoxy) is 3. The van der Waals surface area contributed by atoms with Crippen molar-refractivity contribution in [1.29, 1.82) is 0 Å². The molecule has 1 amide bonds. The van der Waals surface area contributed by atoms with E-state index in [0.717, 1.165) is 60.0 Å². The first-order chi connectivity index (χ1) is 18.9. The first-order valence-electron chi connectivity index (χ1n) is 13.8. The molecular weight excluding hydrogens is 496 g/mol. The van der Waals surface area contributed by atoms with E-state index in [1.54, 1.807) is 0 Å². The molecule has 0 bridgehead atoms. The second kappa shape index (κ2) is 10.5. The molecule has 2 aromatic heterocycles. The van der Waals surface area contributed by atoms with Gasteiger partial charge in [0.15, 0.2) is 6.10 Å². The third kappa shape index (κ3) is 4.82. The lowest BCUT2D eigenvalue weighted by atomic mass is 9.92. The van der Waals surface area contributed by atoms with Gasteiger partial charge in [-0.1, -0.05) is 12.6 Å². The van der Waals surface area contributed by atoms with Crippen molar-refractivity contribution in [1.82, 2.24) is 30.0 Å². The summed E-state index contributed by atoms with van der Waals surface area (Å²) in [7, 11) is 2.13. The number of piperidine rings is 1. The molecule has 3 aliphatic rings. The van der Waals surface area contributed by atoms with Crippen molar-refractivity contribution in [2.45, 2.75) is 63.7 Å². The fourth-order valence-corrected chi connectivity index (χ4v) is 6.10. The van der Waals surface area contributed by atoms with Crippen LogP contribution in [0.4, 0.5) is 0 Å². The predicted octanol–water partition coefficient (Wildman–Crippen LogP) is 3.93.